The Labute approximate surface area is 181 Å². The highest BCUT2D eigenvalue weighted by Crippen LogP contribution is 2.23. The van der Waals surface area contributed by atoms with Crippen molar-refractivity contribution < 1.29 is 14.6 Å². The molecule has 8 heteroatoms. The molecule has 3 aromatic rings. The number of nitrogens with one attached hydrogen (secondary N) is 1. The van der Waals surface area contributed by atoms with Gasteiger partial charge in [0.15, 0.2) is 0 Å². The van der Waals surface area contributed by atoms with Crippen LogP contribution in [0.1, 0.15) is 41.3 Å². The summed E-state index contributed by atoms with van der Waals surface area (Å²) in [5, 5.41) is 17.5. The molecule has 1 unspecified atom stereocenters. The molecular formula is C23H27N5O3. The number of aromatic nitrogens is 4. The SMILES string of the molecule is COc1cncc(C(Cn2nccc2CCCc2ccc3c(n2)NCCC3)C(=O)O)c1. The molecule has 2 N–H and O–H groups in total. The van der Waals surface area contributed by atoms with Crippen LogP contribution in [-0.4, -0.2) is 44.5 Å². The van der Waals surface area contributed by atoms with Gasteiger partial charge in [0.05, 0.1) is 19.9 Å². The number of carboxylic acids is 1. The lowest BCUT2D eigenvalue weighted by atomic mass is 10.0. The van der Waals surface area contributed by atoms with Crippen molar-refractivity contribution in [1.82, 2.24) is 19.7 Å². The lowest BCUT2D eigenvalue weighted by Crippen LogP contribution is -2.20. The molecule has 4 heterocycles. The Morgan fingerprint density at radius 1 is 1.29 bits per heavy atom. The predicted octanol–water partition coefficient (Wildman–Crippen LogP) is 3.08. The van der Waals surface area contributed by atoms with E-state index < -0.39 is 11.9 Å². The zero-order valence-electron chi connectivity index (χ0n) is 17.6. The second-order valence-corrected chi connectivity index (χ2v) is 7.75. The van der Waals surface area contributed by atoms with Crippen LogP contribution in [0.25, 0.3) is 0 Å². The number of aliphatic carboxylic acids is 1. The summed E-state index contributed by atoms with van der Waals surface area (Å²) < 4.78 is 6.96. The van der Waals surface area contributed by atoms with Crippen molar-refractivity contribution >= 4 is 11.8 Å². The van der Waals surface area contributed by atoms with Crippen molar-refractivity contribution in [1.29, 1.82) is 0 Å². The number of nitrogens with zero attached hydrogens (tertiary/aromatic N) is 4. The summed E-state index contributed by atoms with van der Waals surface area (Å²) in [6.07, 6.45) is 9.67. The standard InChI is InChI=1S/C23H27N5O3/c1-31-20-12-17(13-24-14-20)21(23(29)30)15-28-19(9-11-26-28)6-2-5-18-8-7-16-4-3-10-25-22(16)27-18/h7-9,11-14,21H,2-6,10,15H2,1H3,(H,25,27)(H,29,30). The summed E-state index contributed by atoms with van der Waals surface area (Å²) in [4.78, 5) is 20.8. The highest BCUT2D eigenvalue weighted by atomic mass is 16.5. The van der Waals surface area contributed by atoms with Crippen LogP contribution < -0.4 is 10.1 Å². The largest absolute Gasteiger partial charge is 0.495 e. The van der Waals surface area contributed by atoms with Gasteiger partial charge in [0.1, 0.15) is 17.5 Å². The average Bonchev–Trinajstić information content (AvgIpc) is 3.24. The minimum Gasteiger partial charge on any atom is -0.495 e. The topological polar surface area (TPSA) is 102 Å². The van der Waals surface area contributed by atoms with Crippen LogP contribution in [0.4, 0.5) is 5.82 Å². The Hall–Kier alpha value is -3.42. The van der Waals surface area contributed by atoms with E-state index in [-0.39, 0.29) is 6.54 Å². The third-order valence-electron chi connectivity index (χ3n) is 5.65. The molecule has 8 nitrogen and oxygen atoms in total. The lowest BCUT2D eigenvalue weighted by molar-refractivity contribution is -0.139. The average molecular weight is 422 g/mol. The Balaban J connectivity index is 1.40. The first-order valence-electron chi connectivity index (χ1n) is 10.6. The van der Waals surface area contributed by atoms with Gasteiger partial charge < -0.3 is 15.2 Å². The normalized spacial score (nSPS) is 13.8. The summed E-state index contributed by atoms with van der Waals surface area (Å²) in [5.41, 5.74) is 3.97. The van der Waals surface area contributed by atoms with E-state index >= 15 is 0 Å². The lowest BCUT2D eigenvalue weighted by Gasteiger charge is -2.17. The highest BCUT2D eigenvalue weighted by molar-refractivity contribution is 5.76. The van der Waals surface area contributed by atoms with Crippen molar-refractivity contribution in [3.63, 3.8) is 0 Å². The molecule has 3 aromatic heterocycles. The minimum absolute atomic E-state index is 0.244. The molecule has 162 valence electrons. The molecule has 1 aliphatic heterocycles. The van der Waals surface area contributed by atoms with Crippen LogP contribution in [0.3, 0.4) is 0 Å². The van der Waals surface area contributed by atoms with Gasteiger partial charge in [0.25, 0.3) is 0 Å². The van der Waals surface area contributed by atoms with Crippen molar-refractivity contribution in [2.24, 2.45) is 0 Å². The predicted molar refractivity (Wildman–Crippen MR) is 116 cm³/mol. The molecule has 4 rings (SSSR count). The van der Waals surface area contributed by atoms with Gasteiger partial charge in [-0.3, -0.25) is 14.5 Å². The van der Waals surface area contributed by atoms with Gasteiger partial charge in [-0.15, -0.1) is 0 Å². The second-order valence-electron chi connectivity index (χ2n) is 7.75. The summed E-state index contributed by atoms with van der Waals surface area (Å²) in [7, 11) is 1.54. The number of hydrogen-bond acceptors (Lipinski definition) is 6. The summed E-state index contributed by atoms with van der Waals surface area (Å²) >= 11 is 0. The fraction of sp³-hybridized carbons (Fsp3) is 0.391. The first-order chi connectivity index (χ1) is 15.1. The first-order valence-corrected chi connectivity index (χ1v) is 10.6. The fourth-order valence-electron chi connectivity index (χ4n) is 3.93. The van der Waals surface area contributed by atoms with Crippen molar-refractivity contribution in [3.05, 3.63) is 65.4 Å². The van der Waals surface area contributed by atoms with E-state index in [1.54, 1.807) is 29.3 Å². The van der Waals surface area contributed by atoms with Crippen molar-refractivity contribution in [2.75, 3.05) is 19.0 Å². The highest BCUT2D eigenvalue weighted by Gasteiger charge is 2.23. The van der Waals surface area contributed by atoms with Gasteiger partial charge in [-0.2, -0.15) is 5.10 Å². The number of fused-ring (bicyclic) bond motifs is 1. The number of ether oxygens (including phenoxy) is 1. The number of rotatable bonds is 9. The van der Waals surface area contributed by atoms with Crippen LogP contribution in [-0.2, 0) is 30.6 Å². The molecule has 0 fully saturated rings. The smallest absolute Gasteiger partial charge is 0.312 e. The Morgan fingerprint density at radius 2 is 2.19 bits per heavy atom. The van der Waals surface area contributed by atoms with E-state index in [1.807, 2.05) is 6.07 Å². The van der Waals surface area contributed by atoms with E-state index in [1.165, 1.54) is 12.7 Å². The molecule has 1 aliphatic rings. The third kappa shape index (κ3) is 5.02. The number of aryl methyl sites for hydroxylation is 3. The molecular weight excluding hydrogens is 394 g/mol. The molecule has 0 spiro atoms. The van der Waals surface area contributed by atoms with E-state index in [4.69, 9.17) is 9.72 Å². The van der Waals surface area contributed by atoms with Gasteiger partial charge in [-0.25, -0.2) is 4.98 Å². The molecule has 0 saturated heterocycles. The van der Waals surface area contributed by atoms with E-state index in [0.29, 0.717) is 11.3 Å². The Kier molecular flexibility index (Phi) is 6.45. The maximum absolute atomic E-state index is 11.9. The maximum atomic E-state index is 11.9. The molecule has 0 amide bonds. The third-order valence-corrected chi connectivity index (χ3v) is 5.65. The first kappa shape index (κ1) is 20.8. The molecule has 0 radical (unpaired) electrons. The van der Waals surface area contributed by atoms with Gasteiger partial charge in [-0.1, -0.05) is 6.07 Å². The van der Waals surface area contributed by atoms with E-state index in [0.717, 1.165) is 55.9 Å². The van der Waals surface area contributed by atoms with Crippen LogP contribution in [0.15, 0.2) is 42.9 Å². The van der Waals surface area contributed by atoms with E-state index in [2.05, 4.69) is 27.5 Å². The summed E-state index contributed by atoms with van der Waals surface area (Å²) in [6.45, 7) is 1.23. The zero-order valence-corrected chi connectivity index (χ0v) is 17.6. The van der Waals surface area contributed by atoms with Gasteiger partial charge in [0.2, 0.25) is 0 Å². The van der Waals surface area contributed by atoms with Gasteiger partial charge in [-0.05, 0) is 61.4 Å². The molecule has 31 heavy (non-hydrogen) atoms. The summed E-state index contributed by atoms with van der Waals surface area (Å²) in [6, 6.07) is 7.95. The number of carboxylic acid groups (broad SMARTS) is 1. The monoisotopic (exact) mass is 421 g/mol. The van der Waals surface area contributed by atoms with Crippen LogP contribution >= 0.6 is 0 Å². The van der Waals surface area contributed by atoms with Crippen LogP contribution in [0.5, 0.6) is 5.75 Å². The minimum atomic E-state index is -0.915. The molecule has 0 bridgehead atoms. The molecule has 1 atom stereocenters. The number of pyridine rings is 2. The molecule has 0 aromatic carbocycles. The Morgan fingerprint density at radius 3 is 3.03 bits per heavy atom. The second kappa shape index (κ2) is 9.59. The molecule has 0 aliphatic carbocycles. The number of anilines is 1. The zero-order chi connectivity index (χ0) is 21.6. The van der Waals surface area contributed by atoms with E-state index in [9.17, 15) is 9.90 Å². The van der Waals surface area contributed by atoms with Gasteiger partial charge >= 0.3 is 5.97 Å². The fourth-order valence-corrected chi connectivity index (χ4v) is 3.93. The maximum Gasteiger partial charge on any atom is 0.312 e. The molecule has 0 saturated carbocycles. The van der Waals surface area contributed by atoms with Crippen LogP contribution in [0, 0.1) is 0 Å². The summed E-state index contributed by atoms with van der Waals surface area (Å²) in [5.74, 6) is -0.113. The quantitative estimate of drug-likeness (QED) is 0.547. The Bertz CT molecular complexity index is 1050. The number of methoxy groups -OCH3 is 1. The van der Waals surface area contributed by atoms with Gasteiger partial charge in [0, 0.05) is 30.3 Å². The number of carbonyl (C=O) groups is 1. The number of hydrogen-bond donors (Lipinski definition) is 2. The van der Waals surface area contributed by atoms with Crippen molar-refractivity contribution in [2.45, 2.75) is 44.6 Å². The van der Waals surface area contributed by atoms with Crippen LogP contribution in [0.2, 0.25) is 0 Å². The van der Waals surface area contributed by atoms with Crippen molar-refractivity contribution in [3.8, 4) is 5.75 Å².